The molecule has 7 heteroatoms. The molecule has 1 aliphatic rings. The van der Waals surface area contributed by atoms with Crippen LogP contribution in [0.4, 0.5) is 5.69 Å². The van der Waals surface area contributed by atoms with E-state index in [-0.39, 0.29) is 22.4 Å². The van der Waals surface area contributed by atoms with Crippen LogP contribution in [0.2, 0.25) is 5.02 Å². The number of ether oxygens (including phenoxy) is 1. The first-order valence-corrected chi connectivity index (χ1v) is 9.30. The number of phenolic OH excluding ortho intramolecular Hbond substituents is 1. The monoisotopic (exact) mass is 387 g/mol. The normalized spacial score (nSPS) is 13.9. The number of nitrogens with zero attached hydrogens (tertiary/aromatic N) is 2. The molecule has 0 radical (unpaired) electrons. The van der Waals surface area contributed by atoms with E-state index in [1.54, 1.807) is 24.3 Å². The van der Waals surface area contributed by atoms with Crippen LogP contribution in [0.25, 0.3) is 0 Å². The minimum absolute atomic E-state index is 0.113. The molecule has 0 aromatic heterocycles. The second-order valence-corrected chi connectivity index (χ2v) is 6.63. The Bertz CT molecular complexity index is 831. The fourth-order valence-electron chi connectivity index (χ4n) is 2.96. The smallest absolute Gasteiger partial charge is 0.271 e. The van der Waals surface area contributed by atoms with Crippen molar-refractivity contribution in [2.75, 3.05) is 24.6 Å². The summed E-state index contributed by atoms with van der Waals surface area (Å²) in [4.78, 5) is 14.5. The molecule has 142 valence electrons. The summed E-state index contributed by atoms with van der Waals surface area (Å²) in [5.41, 5.74) is 4.77. The zero-order valence-corrected chi connectivity index (χ0v) is 15.9. The van der Waals surface area contributed by atoms with Gasteiger partial charge in [0, 0.05) is 24.3 Å². The van der Waals surface area contributed by atoms with Crippen LogP contribution in [-0.2, 0) is 0 Å². The standard InChI is InChI=1S/C20H22ClN3O3/c1-2-27-18-12-14(11-17(21)19(18)25)13-22-23-20(26)15-5-7-16(8-6-15)24-9-3-4-10-24/h5-8,11-13,25H,2-4,9-10H2,1H3,(H,23,26)/b22-13+. The predicted octanol–water partition coefficient (Wildman–Crippen LogP) is 3.81. The number of phenols is 1. The minimum atomic E-state index is -0.297. The molecule has 1 heterocycles. The molecule has 0 unspecified atom stereocenters. The van der Waals surface area contributed by atoms with Gasteiger partial charge in [-0.2, -0.15) is 5.10 Å². The number of carbonyl (C=O) groups excluding carboxylic acids is 1. The van der Waals surface area contributed by atoms with Crippen molar-refractivity contribution < 1.29 is 14.6 Å². The number of rotatable bonds is 6. The second-order valence-electron chi connectivity index (χ2n) is 6.22. The maximum Gasteiger partial charge on any atom is 0.271 e. The van der Waals surface area contributed by atoms with Gasteiger partial charge in [-0.25, -0.2) is 5.43 Å². The van der Waals surface area contributed by atoms with E-state index >= 15 is 0 Å². The summed E-state index contributed by atoms with van der Waals surface area (Å²) >= 11 is 5.98. The topological polar surface area (TPSA) is 74.2 Å². The molecule has 0 aliphatic carbocycles. The number of hydrogen-bond donors (Lipinski definition) is 2. The lowest BCUT2D eigenvalue weighted by molar-refractivity contribution is 0.0955. The molecule has 2 N–H and O–H groups in total. The van der Waals surface area contributed by atoms with E-state index in [1.165, 1.54) is 19.1 Å². The van der Waals surface area contributed by atoms with Gasteiger partial charge in [-0.3, -0.25) is 4.79 Å². The van der Waals surface area contributed by atoms with Gasteiger partial charge in [0.05, 0.1) is 17.8 Å². The maximum atomic E-state index is 12.2. The highest BCUT2D eigenvalue weighted by atomic mass is 35.5. The number of amides is 1. The molecule has 0 saturated carbocycles. The third-order valence-electron chi connectivity index (χ3n) is 4.33. The highest BCUT2D eigenvalue weighted by Crippen LogP contribution is 2.34. The van der Waals surface area contributed by atoms with Crippen LogP contribution in [0.3, 0.4) is 0 Å². The molecule has 6 nitrogen and oxygen atoms in total. The number of halogens is 1. The first-order chi connectivity index (χ1) is 13.1. The molecule has 0 spiro atoms. The quantitative estimate of drug-likeness (QED) is 0.584. The Balaban J connectivity index is 1.63. The second kappa shape index (κ2) is 8.77. The summed E-state index contributed by atoms with van der Waals surface area (Å²) in [6.45, 7) is 4.33. The van der Waals surface area contributed by atoms with E-state index < -0.39 is 0 Å². The molecule has 0 bridgehead atoms. The van der Waals surface area contributed by atoms with Gasteiger partial charge < -0.3 is 14.7 Å². The van der Waals surface area contributed by atoms with E-state index in [9.17, 15) is 9.90 Å². The van der Waals surface area contributed by atoms with Crippen LogP contribution < -0.4 is 15.1 Å². The molecule has 2 aromatic rings. The van der Waals surface area contributed by atoms with Gasteiger partial charge in [-0.15, -0.1) is 0 Å². The largest absolute Gasteiger partial charge is 0.503 e. The zero-order valence-electron chi connectivity index (χ0n) is 15.1. The lowest BCUT2D eigenvalue weighted by Gasteiger charge is -2.17. The van der Waals surface area contributed by atoms with Gasteiger partial charge in [0.15, 0.2) is 11.5 Å². The molecular weight excluding hydrogens is 366 g/mol. The lowest BCUT2D eigenvalue weighted by Crippen LogP contribution is -2.19. The third kappa shape index (κ3) is 4.71. The SMILES string of the molecule is CCOc1cc(/C=N/NC(=O)c2ccc(N3CCCC3)cc2)cc(Cl)c1O. The number of hydrogen-bond acceptors (Lipinski definition) is 5. The lowest BCUT2D eigenvalue weighted by atomic mass is 10.2. The van der Waals surface area contributed by atoms with Crippen molar-refractivity contribution in [2.45, 2.75) is 19.8 Å². The zero-order chi connectivity index (χ0) is 19.2. The van der Waals surface area contributed by atoms with E-state index in [0.717, 1.165) is 18.8 Å². The molecule has 1 amide bonds. The van der Waals surface area contributed by atoms with E-state index in [4.69, 9.17) is 16.3 Å². The van der Waals surface area contributed by atoms with Crippen molar-refractivity contribution in [3.8, 4) is 11.5 Å². The molecule has 1 saturated heterocycles. The Hall–Kier alpha value is -2.73. The van der Waals surface area contributed by atoms with Crippen molar-refractivity contribution in [1.82, 2.24) is 5.43 Å². The van der Waals surface area contributed by atoms with Gasteiger partial charge in [0.1, 0.15) is 0 Å². The van der Waals surface area contributed by atoms with Gasteiger partial charge >= 0.3 is 0 Å². The number of anilines is 1. The summed E-state index contributed by atoms with van der Waals surface area (Å²) in [6, 6.07) is 10.6. The van der Waals surface area contributed by atoms with Crippen LogP contribution in [0.5, 0.6) is 11.5 Å². The molecular formula is C20H22ClN3O3. The maximum absolute atomic E-state index is 12.2. The third-order valence-corrected chi connectivity index (χ3v) is 4.62. The van der Waals surface area contributed by atoms with Crippen LogP contribution in [-0.4, -0.2) is 36.9 Å². The Labute approximate surface area is 163 Å². The molecule has 1 fully saturated rings. The first kappa shape index (κ1) is 19.0. The summed E-state index contributed by atoms with van der Waals surface area (Å²) in [5, 5.41) is 14.0. The van der Waals surface area contributed by atoms with Crippen LogP contribution in [0.15, 0.2) is 41.5 Å². The van der Waals surface area contributed by atoms with Gasteiger partial charge in [-0.05, 0) is 61.7 Å². The van der Waals surface area contributed by atoms with Crippen molar-refractivity contribution in [1.29, 1.82) is 0 Å². The van der Waals surface area contributed by atoms with Gasteiger partial charge in [-0.1, -0.05) is 11.6 Å². The number of carbonyl (C=O) groups is 1. The molecule has 2 aromatic carbocycles. The van der Waals surface area contributed by atoms with Gasteiger partial charge in [0.25, 0.3) is 5.91 Å². The van der Waals surface area contributed by atoms with Crippen molar-refractivity contribution in [3.05, 3.63) is 52.5 Å². The van der Waals surface area contributed by atoms with E-state index in [1.807, 2.05) is 19.1 Å². The number of benzene rings is 2. The Morgan fingerprint density at radius 3 is 2.67 bits per heavy atom. The summed E-state index contributed by atoms with van der Waals surface area (Å²) in [5.74, 6) is -0.137. The Morgan fingerprint density at radius 2 is 2.00 bits per heavy atom. The summed E-state index contributed by atoms with van der Waals surface area (Å²) in [7, 11) is 0. The number of nitrogens with one attached hydrogen (secondary N) is 1. The van der Waals surface area contributed by atoms with Crippen LogP contribution in [0.1, 0.15) is 35.7 Å². The van der Waals surface area contributed by atoms with E-state index in [2.05, 4.69) is 15.4 Å². The minimum Gasteiger partial charge on any atom is -0.503 e. The summed E-state index contributed by atoms with van der Waals surface area (Å²) < 4.78 is 5.32. The fourth-order valence-corrected chi connectivity index (χ4v) is 3.18. The molecule has 27 heavy (non-hydrogen) atoms. The predicted molar refractivity (Wildman–Crippen MR) is 107 cm³/mol. The summed E-state index contributed by atoms with van der Waals surface area (Å²) in [6.07, 6.45) is 3.87. The van der Waals surface area contributed by atoms with Crippen molar-refractivity contribution >= 4 is 29.4 Å². The fraction of sp³-hybridized carbons (Fsp3) is 0.300. The average molecular weight is 388 g/mol. The molecule has 1 aliphatic heterocycles. The number of hydrazone groups is 1. The Kier molecular flexibility index (Phi) is 6.19. The van der Waals surface area contributed by atoms with Crippen molar-refractivity contribution in [2.24, 2.45) is 5.10 Å². The van der Waals surface area contributed by atoms with E-state index in [0.29, 0.717) is 17.7 Å². The molecule has 3 rings (SSSR count). The average Bonchev–Trinajstić information content (AvgIpc) is 3.20. The van der Waals surface area contributed by atoms with Crippen molar-refractivity contribution in [3.63, 3.8) is 0 Å². The highest BCUT2D eigenvalue weighted by Gasteiger charge is 2.13. The van der Waals surface area contributed by atoms with Crippen LogP contribution in [0, 0.1) is 0 Å². The highest BCUT2D eigenvalue weighted by molar-refractivity contribution is 6.32. The Morgan fingerprint density at radius 1 is 1.30 bits per heavy atom. The molecule has 0 atom stereocenters. The van der Waals surface area contributed by atoms with Crippen LogP contribution >= 0.6 is 11.6 Å². The van der Waals surface area contributed by atoms with Gasteiger partial charge in [0.2, 0.25) is 0 Å². The first-order valence-electron chi connectivity index (χ1n) is 8.92. The number of aromatic hydroxyl groups is 1.